The van der Waals surface area contributed by atoms with Crippen molar-refractivity contribution in [3.63, 3.8) is 0 Å². The third-order valence-corrected chi connectivity index (χ3v) is 5.01. The van der Waals surface area contributed by atoms with Crippen LogP contribution in [0, 0.1) is 11.3 Å². The van der Waals surface area contributed by atoms with Crippen molar-refractivity contribution >= 4 is 34.9 Å². The van der Waals surface area contributed by atoms with Crippen LogP contribution in [-0.2, 0) is 4.79 Å². The maximum absolute atomic E-state index is 12.0. The van der Waals surface area contributed by atoms with Crippen LogP contribution in [0.2, 0.25) is 0 Å². The number of carbonyl (C=O) groups is 1. The number of rotatable bonds is 5. The lowest BCUT2D eigenvalue weighted by Gasteiger charge is -2.26. The molecule has 0 aromatic heterocycles. The normalized spacial score (nSPS) is 23.8. The fraction of sp³-hybridized carbons (Fsp3) is 0.818. The van der Waals surface area contributed by atoms with Crippen LogP contribution >= 0.6 is 24.0 Å². The molecule has 1 aliphatic rings. The predicted octanol–water partition coefficient (Wildman–Crippen LogP) is 1.56. The molecule has 1 rings (SSSR count). The van der Waals surface area contributed by atoms with Crippen molar-refractivity contribution in [1.29, 1.82) is 0 Å². The average Bonchev–Trinajstić information content (AvgIpc) is 2.77. The molecule has 2 atom stereocenters. The monoisotopic (exact) mass is 260 g/mol. The highest BCUT2D eigenvalue weighted by molar-refractivity contribution is 7.99. The summed E-state index contributed by atoms with van der Waals surface area (Å²) in [6.07, 6.45) is 1.84. The van der Waals surface area contributed by atoms with E-state index in [2.05, 4.69) is 5.32 Å². The summed E-state index contributed by atoms with van der Waals surface area (Å²) in [6, 6.07) is 0. The summed E-state index contributed by atoms with van der Waals surface area (Å²) in [5.41, 5.74) is 4.94. The van der Waals surface area contributed by atoms with Crippen molar-refractivity contribution in [2.75, 3.05) is 18.1 Å². The Hall–Kier alpha value is -0.290. The molecule has 0 spiro atoms. The highest BCUT2D eigenvalue weighted by atomic mass is 32.2. The molecule has 0 saturated carbocycles. The molecule has 16 heavy (non-hydrogen) atoms. The second-order valence-corrected chi connectivity index (χ2v) is 6.08. The zero-order valence-corrected chi connectivity index (χ0v) is 11.5. The van der Waals surface area contributed by atoms with Gasteiger partial charge in [0.05, 0.1) is 10.4 Å². The van der Waals surface area contributed by atoms with Gasteiger partial charge in [-0.3, -0.25) is 4.79 Å². The summed E-state index contributed by atoms with van der Waals surface area (Å²) >= 11 is 6.92. The van der Waals surface area contributed by atoms with Gasteiger partial charge in [-0.05, 0) is 37.2 Å². The first-order valence-electron chi connectivity index (χ1n) is 5.66. The Morgan fingerprint density at radius 1 is 1.69 bits per heavy atom. The number of thioether (sulfide) groups is 1. The Morgan fingerprint density at radius 3 is 2.81 bits per heavy atom. The van der Waals surface area contributed by atoms with Crippen LogP contribution in [0.15, 0.2) is 0 Å². The minimum atomic E-state index is -0.693. The van der Waals surface area contributed by atoms with Gasteiger partial charge in [-0.1, -0.05) is 19.1 Å². The smallest absolute Gasteiger partial charge is 0.232 e. The number of nitrogens with two attached hydrogens (primary N) is 1. The van der Waals surface area contributed by atoms with Gasteiger partial charge in [-0.25, -0.2) is 0 Å². The Balaban J connectivity index is 2.46. The van der Waals surface area contributed by atoms with Gasteiger partial charge in [-0.15, -0.1) is 0 Å². The molecule has 0 aromatic carbocycles. The molecule has 2 unspecified atom stereocenters. The lowest BCUT2D eigenvalue weighted by molar-refractivity contribution is -0.127. The van der Waals surface area contributed by atoms with Crippen LogP contribution in [-0.4, -0.2) is 28.9 Å². The average molecular weight is 260 g/mol. The van der Waals surface area contributed by atoms with Gasteiger partial charge in [0.15, 0.2) is 0 Å². The van der Waals surface area contributed by atoms with Crippen LogP contribution in [0.25, 0.3) is 0 Å². The van der Waals surface area contributed by atoms with Crippen LogP contribution in [0.5, 0.6) is 0 Å². The van der Waals surface area contributed by atoms with Crippen LogP contribution in [0.1, 0.15) is 26.7 Å². The molecular weight excluding hydrogens is 240 g/mol. The molecule has 0 aliphatic carbocycles. The molecular formula is C11H20N2OS2. The first kappa shape index (κ1) is 13.8. The van der Waals surface area contributed by atoms with E-state index in [4.69, 9.17) is 18.0 Å². The van der Waals surface area contributed by atoms with Crippen molar-refractivity contribution in [3.05, 3.63) is 0 Å². The summed E-state index contributed by atoms with van der Waals surface area (Å²) in [7, 11) is 0. The zero-order chi connectivity index (χ0) is 12.2. The summed E-state index contributed by atoms with van der Waals surface area (Å²) in [5.74, 6) is 2.94. The maximum Gasteiger partial charge on any atom is 0.232 e. The van der Waals surface area contributed by atoms with E-state index in [9.17, 15) is 4.79 Å². The minimum absolute atomic E-state index is 0.0283. The fourth-order valence-corrected chi connectivity index (χ4v) is 3.14. The van der Waals surface area contributed by atoms with Crippen LogP contribution in [0.4, 0.5) is 0 Å². The van der Waals surface area contributed by atoms with Crippen molar-refractivity contribution in [2.45, 2.75) is 26.7 Å². The Kier molecular flexibility index (Phi) is 5.05. The van der Waals surface area contributed by atoms with Gasteiger partial charge in [0.2, 0.25) is 5.91 Å². The van der Waals surface area contributed by atoms with Crippen molar-refractivity contribution < 1.29 is 4.79 Å². The maximum atomic E-state index is 12.0. The molecule has 0 bridgehead atoms. The van der Waals surface area contributed by atoms with Gasteiger partial charge < -0.3 is 11.1 Å². The summed E-state index contributed by atoms with van der Waals surface area (Å²) < 4.78 is 0. The second-order valence-electron chi connectivity index (χ2n) is 4.49. The molecule has 1 aliphatic heterocycles. The fourth-order valence-electron chi connectivity index (χ4n) is 1.62. The second kappa shape index (κ2) is 5.87. The molecule has 1 heterocycles. The lowest BCUT2D eigenvalue weighted by atomic mass is 9.86. The molecule has 0 radical (unpaired) electrons. The molecule has 92 valence electrons. The number of hydrogen-bond acceptors (Lipinski definition) is 3. The largest absolute Gasteiger partial charge is 0.392 e. The molecule has 3 N–H and O–H groups in total. The Bertz CT molecular complexity index is 277. The molecule has 0 aromatic rings. The lowest BCUT2D eigenvalue weighted by Crippen LogP contribution is -2.47. The van der Waals surface area contributed by atoms with Gasteiger partial charge in [0, 0.05) is 6.54 Å². The van der Waals surface area contributed by atoms with Crippen molar-refractivity contribution in [3.8, 4) is 0 Å². The van der Waals surface area contributed by atoms with Crippen molar-refractivity contribution in [1.82, 2.24) is 5.32 Å². The zero-order valence-electron chi connectivity index (χ0n) is 9.91. The number of carbonyl (C=O) groups excluding carboxylic acids is 1. The topological polar surface area (TPSA) is 55.1 Å². The predicted molar refractivity (Wildman–Crippen MR) is 73.6 cm³/mol. The SMILES string of the molecule is CCC(C)(C(=O)NCC1CCSC1)C(N)=S. The van der Waals surface area contributed by atoms with E-state index in [0.29, 0.717) is 12.3 Å². The molecule has 5 heteroatoms. The standard InChI is InChI=1S/C11H20N2OS2/c1-3-11(2,9(12)15)10(14)13-6-8-4-5-16-7-8/h8H,3-7H2,1-2H3,(H2,12,15)(H,13,14). The Morgan fingerprint density at radius 2 is 2.38 bits per heavy atom. The third-order valence-electron chi connectivity index (χ3n) is 3.33. The molecule has 1 amide bonds. The van der Waals surface area contributed by atoms with E-state index in [1.807, 2.05) is 25.6 Å². The molecule has 1 saturated heterocycles. The minimum Gasteiger partial charge on any atom is -0.392 e. The van der Waals surface area contributed by atoms with E-state index in [1.165, 1.54) is 12.2 Å². The molecule has 3 nitrogen and oxygen atoms in total. The van der Waals surface area contributed by atoms with E-state index in [-0.39, 0.29) is 10.9 Å². The number of amides is 1. The Labute approximate surface area is 107 Å². The highest BCUT2D eigenvalue weighted by Gasteiger charge is 2.34. The van der Waals surface area contributed by atoms with E-state index < -0.39 is 5.41 Å². The summed E-state index contributed by atoms with van der Waals surface area (Å²) in [6.45, 7) is 4.50. The number of thiocarbonyl (C=S) groups is 1. The van der Waals surface area contributed by atoms with E-state index in [0.717, 1.165) is 12.3 Å². The number of nitrogens with one attached hydrogen (secondary N) is 1. The quantitative estimate of drug-likeness (QED) is 0.737. The van der Waals surface area contributed by atoms with Gasteiger partial charge in [0.1, 0.15) is 0 Å². The third kappa shape index (κ3) is 3.10. The highest BCUT2D eigenvalue weighted by Crippen LogP contribution is 2.24. The van der Waals surface area contributed by atoms with E-state index in [1.54, 1.807) is 0 Å². The van der Waals surface area contributed by atoms with Crippen LogP contribution in [0.3, 0.4) is 0 Å². The number of hydrogen-bond donors (Lipinski definition) is 2. The molecule has 1 fully saturated rings. The van der Waals surface area contributed by atoms with Crippen molar-refractivity contribution in [2.24, 2.45) is 17.1 Å². The first-order valence-corrected chi connectivity index (χ1v) is 7.23. The van der Waals surface area contributed by atoms with Gasteiger partial charge >= 0.3 is 0 Å². The van der Waals surface area contributed by atoms with Gasteiger partial charge in [0.25, 0.3) is 0 Å². The van der Waals surface area contributed by atoms with Gasteiger partial charge in [-0.2, -0.15) is 11.8 Å². The summed E-state index contributed by atoms with van der Waals surface area (Å²) in [5, 5.41) is 2.98. The summed E-state index contributed by atoms with van der Waals surface area (Å²) in [4.78, 5) is 12.3. The van der Waals surface area contributed by atoms with E-state index >= 15 is 0 Å². The van der Waals surface area contributed by atoms with Crippen LogP contribution < -0.4 is 11.1 Å². The first-order chi connectivity index (χ1) is 7.50.